The van der Waals surface area contributed by atoms with Gasteiger partial charge in [-0.05, 0) is 35.7 Å². The van der Waals surface area contributed by atoms with Crippen LogP contribution in [0.2, 0.25) is 0 Å². The van der Waals surface area contributed by atoms with Gasteiger partial charge in [-0.2, -0.15) is 13.2 Å². The van der Waals surface area contributed by atoms with Crippen LogP contribution in [0, 0.1) is 18.8 Å². The minimum absolute atomic E-state index is 0.356. The summed E-state index contributed by atoms with van der Waals surface area (Å²) in [4.78, 5) is 0. The molecule has 96 valence electrons. The molecule has 0 amide bonds. The molecule has 0 fully saturated rings. The highest BCUT2D eigenvalue weighted by molar-refractivity contribution is 5.67. The fourth-order valence-electron chi connectivity index (χ4n) is 1.77. The molecule has 0 N–H and O–H groups in total. The van der Waals surface area contributed by atoms with Crippen molar-refractivity contribution in [2.24, 2.45) is 0 Å². The third-order valence-corrected chi connectivity index (χ3v) is 2.69. The Bertz CT molecular complexity index is 626. The van der Waals surface area contributed by atoms with Gasteiger partial charge in [0.2, 0.25) is 0 Å². The van der Waals surface area contributed by atoms with E-state index >= 15 is 0 Å². The molecular formula is C16H11F3. The highest BCUT2D eigenvalue weighted by atomic mass is 19.4. The number of hydrogen-bond donors (Lipinski definition) is 0. The van der Waals surface area contributed by atoms with Crippen molar-refractivity contribution in [3.63, 3.8) is 0 Å². The normalized spacial score (nSPS) is 10.7. The summed E-state index contributed by atoms with van der Waals surface area (Å²) in [7, 11) is 0. The molecule has 0 unspecified atom stereocenters. The molecule has 0 aliphatic carbocycles. The van der Waals surface area contributed by atoms with E-state index in [2.05, 4.69) is 5.92 Å². The molecule has 2 aromatic rings. The van der Waals surface area contributed by atoms with Gasteiger partial charge in [0.15, 0.2) is 0 Å². The van der Waals surface area contributed by atoms with Gasteiger partial charge in [-0.3, -0.25) is 0 Å². The molecule has 0 aliphatic rings. The maximum Gasteiger partial charge on any atom is 0.458 e. The smallest absolute Gasteiger partial charge is 0.159 e. The average molecular weight is 260 g/mol. The molecule has 0 nitrogen and oxygen atoms in total. The molecule has 0 bridgehead atoms. The van der Waals surface area contributed by atoms with Crippen LogP contribution in [-0.2, 0) is 0 Å². The van der Waals surface area contributed by atoms with Crippen molar-refractivity contribution in [3.05, 3.63) is 59.7 Å². The first-order chi connectivity index (χ1) is 8.96. The Morgan fingerprint density at radius 2 is 1.53 bits per heavy atom. The molecule has 0 radical (unpaired) electrons. The molecule has 2 rings (SSSR count). The van der Waals surface area contributed by atoms with Crippen LogP contribution < -0.4 is 0 Å². The number of halogens is 3. The van der Waals surface area contributed by atoms with Crippen molar-refractivity contribution >= 4 is 0 Å². The second-order valence-corrected chi connectivity index (χ2v) is 4.14. The van der Waals surface area contributed by atoms with Crippen LogP contribution in [0.1, 0.15) is 11.1 Å². The van der Waals surface area contributed by atoms with E-state index in [0.29, 0.717) is 5.56 Å². The van der Waals surface area contributed by atoms with Gasteiger partial charge in [-0.25, -0.2) is 0 Å². The number of hydrogen-bond acceptors (Lipinski definition) is 0. The number of benzene rings is 2. The second kappa shape index (κ2) is 5.19. The van der Waals surface area contributed by atoms with E-state index in [-0.39, 0.29) is 0 Å². The molecule has 0 saturated heterocycles. The predicted octanol–water partition coefficient (Wildman–Crippen LogP) is 4.58. The Morgan fingerprint density at radius 1 is 0.895 bits per heavy atom. The summed E-state index contributed by atoms with van der Waals surface area (Å²) >= 11 is 0. The topological polar surface area (TPSA) is 0 Å². The van der Waals surface area contributed by atoms with Gasteiger partial charge >= 0.3 is 6.18 Å². The Hall–Kier alpha value is -2.21. The summed E-state index contributed by atoms with van der Waals surface area (Å²) in [5, 5.41) is 0. The van der Waals surface area contributed by atoms with Gasteiger partial charge in [-0.15, -0.1) is 0 Å². The van der Waals surface area contributed by atoms with Crippen molar-refractivity contribution in [1.82, 2.24) is 0 Å². The molecule has 0 spiro atoms. The highest BCUT2D eigenvalue weighted by Gasteiger charge is 2.22. The maximum absolute atomic E-state index is 12.0. The molecule has 19 heavy (non-hydrogen) atoms. The largest absolute Gasteiger partial charge is 0.458 e. The first-order valence-electron chi connectivity index (χ1n) is 5.72. The number of rotatable bonds is 1. The standard InChI is InChI=1S/C16H11F3/c1-12-4-2-3-5-15(12)14-8-6-13(7-9-14)10-11-16(17,18)19/h2-9H,1H3. The van der Waals surface area contributed by atoms with Crippen LogP contribution >= 0.6 is 0 Å². The lowest BCUT2D eigenvalue weighted by Gasteiger charge is -2.05. The summed E-state index contributed by atoms with van der Waals surface area (Å²) in [6, 6.07) is 14.6. The van der Waals surface area contributed by atoms with E-state index in [1.54, 1.807) is 24.3 Å². The zero-order chi connectivity index (χ0) is 13.9. The van der Waals surface area contributed by atoms with E-state index in [0.717, 1.165) is 16.7 Å². The first-order valence-corrected chi connectivity index (χ1v) is 5.72. The molecule has 2 aromatic carbocycles. The lowest BCUT2D eigenvalue weighted by atomic mass is 10.00. The SMILES string of the molecule is Cc1ccccc1-c1ccc(C#CC(F)(F)F)cc1. The number of aryl methyl sites for hydroxylation is 1. The molecular weight excluding hydrogens is 249 g/mol. The van der Waals surface area contributed by atoms with E-state index in [4.69, 9.17) is 0 Å². The highest BCUT2D eigenvalue weighted by Crippen LogP contribution is 2.23. The fraction of sp³-hybridized carbons (Fsp3) is 0.125. The minimum Gasteiger partial charge on any atom is -0.159 e. The molecule has 3 heteroatoms. The predicted molar refractivity (Wildman–Crippen MR) is 69.5 cm³/mol. The fourth-order valence-corrected chi connectivity index (χ4v) is 1.77. The zero-order valence-electron chi connectivity index (χ0n) is 10.3. The average Bonchev–Trinajstić information content (AvgIpc) is 2.37. The van der Waals surface area contributed by atoms with Crippen LogP contribution in [0.15, 0.2) is 48.5 Å². The van der Waals surface area contributed by atoms with E-state index in [9.17, 15) is 13.2 Å². The summed E-state index contributed by atoms with van der Waals surface area (Å²) in [5.74, 6) is 3.36. The van der Waals surface area contributed by atoms with Crippen LogP contribution in [-0.4, -0.2) is 6.18 Å². The summed E-state index contributed by atoms with van der Waals surface area (Å²) in [6.45, 7) is 1.99. The summed E-state index contributed by atoms with van der Waals surface area (Å²) in [5.41, 5.74) is 3.51. The van der Waals surface area contributed by atoms with Gasteiger partial charge in [0.05, 0.1) is 0 Å². The minimum atomic E-state index is -4.45. The van der Waals surface area contributed by atoms with Crippen molar-refractivity contribution in [2.75, 3.05) is 0 Å². The molecule has 0 saturated carbocycles. The quantitative estimate of drug-likeness (QED) is 0.658. The van der Waals surface area contributed by atoms with Crippen LogP contribution in [0.25, 0.3) is 11.1 Å². The summed E-state index contributed by atoms with van der Waals surface area (Å²) < 4.78 is 35.9. The maximum atomic E-state index is 12.0. The Balaban J connectivity index is 2.29. The Labute approximate surface area is 109 Å². The van der Waals surface area contributed by atoms with E-state index < -0.39 is 6.18 Å². The lowest BCUT2D eigenvalue weighted by Crippen LogP contribution is -2.01. The first kappa shape index (κ1) is 13.2. The van der Waals surface area contributed by atoms with Gasteiger partial charge < -0.3 is 0 Å². The number of alkyl halides is 3. The van der Waals surface area contributed by atoms with Crippen molar-refractivity contribution < 1.29 is 13.2 Å². The van der Waals surface area contributed by atoms with Gasteiger partial charge in [0.1, 0.15) is 0 Å². The monoisotopic (exact) mass is 260 g/mol. The third kappa shape index (κ3) is 3.62. The van der Waals surface area contributed by atoms with Crippen molar-refractivity contribution in [2.45, 2.75) is 13.1 Å². The van der Waals surface area contributed by atoms with E-state index in [1.807, 2.05) is 31.2 Å². The molecule has 0 aromatic heterocycles. The van der Waals surface area contributed by atoms with Crippen LogP contribution in [0.4, 0.5) is 13.2 Å². The van der Waals surface area contributed by atoms with Gasteiger partial charge in [0.25, 0.3) is 0 Å². The molecule has 0 atom stereocenters. The third-order valence-electron chi connectivity index (χ3n) is 2.69. The van der Waals surface area contributed by atoms with Crippen LogP contribution in [0.5, 0.6) is 0 Å². The second-order valence-electron chi connectivity index (χ2n) is 4.14. The summed E-state index contributed by atoms with van der Waals surface area (Å²) in [6.07, 6.45) is -4.45. The van der Waals surface area contributed by atoms with E-state index in [1.165, 1.54) is 5.92 Å². The Kier molecular flexibility index (Phi) is 3.62. The molecule has 0 aliphatic heterocycles. The van der Waals surface area contributed by atoms with Gasteiger partial charge in [-0.1, -0.05) is 42.3 Å². The van der Waals surface area contributed by atoms with Crippen molar-refractivity contribution in [3.8, 4) is 23.0 Å². The van der Waals surface area contributed by atoms with Crippen molar-refractivity contribution in [1.29, 1.82) is 0 Å². The zero-order valence-corrected chi connectivity index (χ0v) is 10.3. The van der Waals surface area contributed by atoms with Gasteiger partial charge in [0, 0.05) is 11.5 Å². The lowest BCUT2D eigenvalue weighted by molar-refractivity contribution is -0.0696. The van der Waals surface area contributed by atoms with Crippen LogP contribution in [0.3, 0.4) is 0 Å². The molecule has 0 heterocycles. The Morgan fingerprint density at radius 3 is 2.11 bits per heavy atom.